The number of benzene rings is 1. The molecule has 0 aliphatic heterocycles. The minimum Gasteiger partial charge on any atom is -0.396 e. The lowest BCUT2D eigenvalue weighted by atomic mass is 10.3. The maximum atomic E-state index is 12.2. The van der Waals surface area contributed by atoms with Crippen molar-refractivity contribution >= 4 is 23.4 Å². The number of aliphatic hydroxyl groups is 1. The van der Waals surface area contributed by atoms with Crippen molar-refractivity contribution in [2.24, 2.45) is 0 Å². The largest absolute Gasteiger partial charge is 0.396 e. The number of hydrogen-bond acceptors (Lipinski definition) is 4. The summed E-state index contributed by atoms with van der Waals surface area (Å²) in [5, 5.41) is 11.8. The molecule has 4 nitrogen and oxygen atoms in total. The molecule has 2 rings (SSSR count). The van der Waals surface area contributed by atoms with Gasteiger partial charge in [0.25, 0.3) is 0 Å². The Labute approximate surface area is 130 Å². The number of amides is 1. The van der Waals surface area contributed by atoms with Crippen LogP contribution in [-0.4, -0.2) is 47.9 Å². The quantitative estimate of drug-likeness (QED) is 0.544. The number of aliphatic hydroxyl groups excluding tert-OH is 1. The molecule has 0 spiro atoms. The fourth-order valence-electron chi connectivity index (χ4n) is 2.34. The zero-order valence-electron chi connectivity index (χ0n) is 12.5. The molecular formula is C16H24N2O2S. The van der Waals surface area contributed by atoms with Crippen LogP contribution >= 0.6 is 11.8 Å². The predicted octanol–water partition coefficient (Wildman–Crippen LogP) is 2.58. The fourth-order valence-corrected chi connectivity index (χ4v) is 2.80. The molecule has 2 N–H and O–H groups in total. The van der Waals surface area contributed by atoms with Gasteiger partial charge in [-0.3, -0.25) is 9.69 Å². The molecule has 0 saturated heterocycles. The van der Waals surface area contributed by atoms with E-state index in [0.29, 0.717) is 12.6 Å². The molecule has 0 radical (unpaired) electrons. The van der Waals surface area contributed by atoms with Crippen molar-refractivity contribution in [1.29, 1.82) is 0 Å². The van der Waals surface area contributed by atoms with Gasteiger partial charge in [0.2, 0.25) is 5.91 Å². The highest BCUT2D eigenvalue weighted by atomic mass is 32.2. The van der Waals surface area contributed by atoms with Gasteiger partial charge in [-0.2, -0.15) is 0 Å². The number of carbonyl (C=O) groups is 1. The molecule has 116 valence electrons. The van der Waals surface area contributed by atoms with Crippen molar-refractivity contribution in [3.63, 3.8) is 0 Å². The van der Waals surface area contributed by atoms with E-state index in [4.69, 9.17) is 5.11 Å². The molecule has 1 saturated carbocycles. The van der Waals surface area contributed by atoms with Gasteiger partial charge in [-0.05, 0) is 56.7 Å². The molecule has 0 unspecified atom stereocenters. The zero-order valence-corrected chi connectivity index (χ0v) is 13.4. The van der Waals surface area contributed by atoms with Crippen molar-refractivity contribution in [2.45, 2.75) is 36.6 Å². The molecule has 0 atom stereocenters. The van der Waals surface area contributed by atoms with Gasteiger partial charge in [0.15, 0.2) is 0 Å². The Kier molecular flexibility index (Phi) is 6.54. The summed E-state index contributed by atoms with van der Waals surface area (Å²) in [6.45, 7) is 1.56. The number of anilines is 1. The Hall–Kier alpha value is -1.04. The number of hydrogen-bond donors (Lipinski definition) is 2. The van der Waals surface area contributed by atoms with Gasteiger partial charge in [-0.25, -0.2) is 0 Å². The first kappa shape index (κ1) is 16.3. The van der Waals surface area contributed by atoms with Crippen LogP contribution in [0.25, 0.3) is 0 Å². The zero-order chi connectivity index (χ0) is 15.1. The first-order chi connectivity index (χ1) is 10.2. The van der Waals surface area contributed by atoms with Gasteiger partial charge in [0, 0.05) is 23.2 Å². The molecule has 0 bridgehead atoms. The summed E-state index contributed by atoms with van der Waals surface area (Å²) in [5.74, 6) is 0.0455. The molecule has 5 heteroatoms. The lowest BCUT2D eigenvalue weighted by Gasteiger charge is -2.21. The van der Waals surface area contributed by atoms with Crippen LogP contribution in [0.15, 0.2) is 29.2 Å². The van der Waals surface area contributed by atoms with Crippen molar-refractivity contribution < 1.29 is 9.90 Å². The Balaban J connectivity index is 1.83. The van der Waals surface area contributed by atoms with E-state index < -0.39 is 0 Å². The van der Waals surface area contributed by atoms with Crippen LogP contribution in [0.2, 0.25) is 0 Å². The van der Waals surface area contributed by atoms with Crippen LogP contribution in [0.1, 0.15) is 25.7 Å². The number of carbonyl (C=O) groups excluding carboxylic acids is 1. The third-order valence-electron chi connectivity index (χ3n) is 3.62. The summed E-state index contributed by atoms with van der Waals surface area (Å²) in [5.41, 5.74) is 0.859. The predicted molar refractivity (Wildman–Crippen MR) is 87.8 cm³/mol. The molecule has 1 amide bonds. The first-order valence-corrected chi connectivity index (χ1v) is 8.74. The van der Waals surface area contributed by atoms with E-state index in [1.54, 1.807) is 11.8 Å². The highest BCUT2D eigenvalue weighted by Crippen LogP contribution is 2.27. The number of thioether (sulfide) groups is 1. The average Bonchev–Trinajstić information content (AvgIpc) is 3.31. The summed E-state index contributed by atoms with van der Waals surface area (Å²) >= 11 is 1.67. The minimum absolute atomic E-state index is 0.0455. The second-order valence-electron chi connectivity index (χ2n) is 5.41. The number of unbranched alkanes of at least 4 members (excludes halogenated alkanes) is 1. The molecule has 1 aliphatic carbocycles. The van der Waals surface area contributed by atoms with Crippen LogP contribution in [0.5, 0.6) is 0 Å². The topological polar surface area (TPSA) is 52.6 Å². The molecule has 21 heavy (non-hydrogen) atoms. The van der Waals surface area contributed by atoms with E-state index in [1.807, 2.05) is 30.5 Å². The smallest absolute Gasteiger partial charge is 0.238 e. The first-order valence-electron chi connectivity index (χ1n) is 7.51. The highest BCUT2D eigenvalue weighted by Gasteiger charge is 2.29. The molecule has 1 aliphatic rings. The summed E-state index contributed by atoms with van der Waals surface area (Å²) in [4.78, 5) is 15.6. The second-order valence-corrected chi connectivity index (χ2v) is 6.29. The van der Waals surface area contributed by atoms with Gasteiger partial charge >= 0.3 is 0 Å². The van der Waals surface area contributed by atoms with Gasteiger partial charge in [0.05, 0.1) is 6.54 Å². The van der Waals surface area contributed by atoms with Gasteiger partial charge in [0.1, 0.15) is 0 Å². The van der Waals surface area contributed by atoms with Gasteiger partial charge in [-0.15, -0.1) is 11.8 Å². The lowest BCUT2D eigenvalue weighted by Crippen LogP contribution is -2.35. The molecule has 1 aromatic rings. The normalized spacial score (nSPS) is 14.4. The van der Waals surface area contributed by atoms with Crippen LogP contribution in [0, 0.1) is 0 Å². The number of rotatable bonds is 9. The van der Waals surface area contributed by atoms with E-state index in [9.17, 15) is 4.79 Å². The monoisotopic (exact) mass is 308 g/mol. The maximum Gasteiger partial charge on any atom is 0.238 e. The standard InChI is InChI=1S/C16H24N2O2S/c1-21-15-6-4-5-13(11-15)17-16(20)12-18(14-7-8-14)9-2-3-10-19/h4-6,11,14,19H,2-3,7-10,12H2,1H3,(H,17,20). The molecule has 0 aromatic heterocycles. The van der Waals surface area contributed by atoms with Crippen LogP contribution < -0.4 is 5.32 Å². The van der Waals surface area contributed by atoms with E-state index in [0.717, 1.165) is 30.0 Å². The van der Waals surface area contributed by atoms with Crippen molar-refractivity contribution in [3.8, 4) is 0 Å². The Morgan fingerprint density at radius 1 is 1.43 bits per heavy atom. The average molecular weight is 308 g/mol. The summed E-state index contributed by atoms with van der Waals surface area (Å²) < 4.78 is 0. The fraction of sp³-hybridized carbons (Fsp3) is 0.562. The third-order valence-corrected chi connectivity index (χ3v) is 4.34. The molecular weight excluding hydrogens is 284 g/mol. The van der Waals surface area contributed by atoms with Crippen LogP contribution in [0.4, 0.5) is 5.69 Å². The Morgan fingerprint density at radius 3 is 2.90 bits per heavy atom. The molecule has 0 heterocycles. The van der Waals surface area contributed by atoms with E-state index >= 15 is 0 Å². The lowest BCUT2D eigenvalue weighted by molar-refractivity contribution is -0.117. The minimum atomic E-state index is 0.0455. The Morgan fingerprint density at radius 2 is 2.24 bits per heavy atom. The van der Waals surface area contributed by atoms with Gasteiger partial charge < -0.3 is 10.4 Å². The van der Waals surface area contributed by atoms with E-state index in [1.165, 1.54) is 12.8 Å². The van der Waals surface area contributed by atoms with Gasteiger partial charge in [-0.1, -0.05) is 6.07 Å². The third kappa shape index (κ3) is 5.69. The van der Waals surface area contributed by atoms with E-state index in [2.05, 4.69) is 10.2 Å². The number of nitrogens with one attached hydrogen (secondary N) is 1. The van der Waals surface area contributed by atoms with Crippen LogP contribution in [0.3, 0.4) is 0 Å². The summed E-state index contributed by atoms with van der Waals surface area (Å²) in [6.07, 6.45) is 6.16. The SMILES string of the molecule is CSc1cccc(NC(=O)CN(CCCCO)C2CC2)c1. The highest BCUT2D eigenvalue weighted by molar-refractivity contribution is 7.98. The summed E-state index contributed by atoms with van der Waals surface area (Å²) in [6, 6.07) is 8.47. The molecule has 1 aromatic carbocycles. The van der Waals surface area contributed by atoms with Crippen LogP contribution in [-0.2, 0) is 4.79 Å². The van der Waals surface area contributed by atoms with Crippen molar-refractivity contribution in [1.82, 2.24) is 4.90 Å². The second kappa shape index (κ2) is 8.41. The molecule has 1 fully saturated rings. The van der Waals surface area contributed by atoms with Crippen molar-refractivity contribution in [3.05, 3.63) is 24.3 Å². The number of nitrogens with zero attached hydrogens (tertiary/aromatic N) is 1. The van der Waals surface area contributed by atoms with Crippen molar-refractivity contribution in [2.75, 3.05) is 31.3 Å². The Bertz CT molecular complexity index is 463. The van der Waals surface area contributed by atoms with E-state index in [-0.39, 0.29) is 12.5 Å². The maximum absolute atomic E-state index is 12.2. The summed E-state index contributed by atoms with van der Waals surface area (Å²) in [7, 11) is 0.